The molecule has 7 heteroatoms. The third-order valence-corrected chi connectivity index (χ3v) is 6.67. The van der Waals surface area contributed by atoms with Crippen LogP contribution in [-0.2, 0) is 19.4 Å². The summed E-state index contributed by atoms with van der Waals surface area (Å²) in [5, 5.41) is 0. The summed E-state index contributed by atoms with van der Waals surface area (Å²) in [6, 6.07) is 14.0. The number of carbonyl (C=O) groups excluding carboxylic acids is 2. The number of hydrogen-bond acceptors (Lipinski definition) is 4. The molecule has 1 heterocycles. The zero-order valence-electron chi connectivity index (χ0n) is 17.1. The molecule has 0 aliphatic carbocycles. The Kier molecular flexibility index (Phi) is 5.80. The molecule has 1 saturated heterocycles. The average molecular weight is 415 g/mol. The first kappa shape index (κ1) is 21.0. The predicted molar refractivity (Wildman–Crippen MR) is 112 cm³/mol. The van der Waals surface area contributed by atoms with Gasteiger partial charge >= 0.3 is 0 Å². The topological polar surface area (TPSA) is 74.8 Å². The molecule has 0 N–H and O–H groups in total. The van der Waals surface area contributed by atoms with Gasteiger partial charge in [0.05, 0.1) is 16.9 Å². The van der Waals surface area contributed by atoms with Gasteiger partial charge in [0.25, 0.3) is 0 Å². The van der Waals surface area contributed by atoms with E-state index in [-0.39, 0.29) is 29.2 Å². The number of aryl methyl sites for hydroxylation is 1. The minimum absolute atomic E-state index is 0.0502. The van der Waals surface area contributed by atoms with Gasteiger partial charge in [-0.15, -0.1) is 0 Å². The predicted octanol–water partition coefficient (Wildman–Crippen LogP) is 2.97. The van der Waals surface area contributed by atoms with Crippen LogP contribution in [0.2, 0.25) is 0 Å². The van der Waals surface area contributed by atoms with Crippen LogP contribution < -0.4 is 4.90 Å². The SMILES string of the molecule is Cc1ccc(N2C[C@H](C(=O)N(C)[C@@H](C)c3ccc(S(C)(=O)=O)cc3)CC2=O)cc1. The molecule has 0 radical (unpaired) electrons. The van der Waals surface area contributed by atoms with E-state index in [1.807, 2.05) is 38.1 Å². The quantitative estimate of drug-likeness (QED) is 0.754. The van der Waals surface area contributed by atoms with E-state index < -0.39 is 15.8 Å². The van der Waals surface area contributed by atoms with Crippen molar-refractivity contribution < 1.29 is 18.0 Å². The van der Waals surface area contributed by atoms with Crippen LogP contribution in [-0.4, -0.2) is 45.0 Å². The molecule has 2 aromatic carbocycles. The second-order valence-corrected chi connectivity index (χ2v) is 9.72. The average Bonchev–Trinajstić information content (AvgIpc) is 3.08. The van der Waals surface area contributed by atoms with Crippen LogP contribution in [0.25, 0.3) is 0 Å². The van der Waals surface area contributed by atoms with E-state index in [2.05, 4.69) is 0 Å². The van der Waals surface area contributed by atoms with Gasteiger partial charge in [0.2, 0.25) is 11.8 Å². The number of rotatable bonds is 5. The highest BCUT2D eigenvalue weighted by Crippen LogP contribution is 2.29. The van der Waals surface area contributed by atoms with E-state index in [9.17, 15) is 18.0 Å². The lowest BCUT2D eigenvalue weighted by molar-refractivity contribution is -0.136. The van der Waals surface area contributed by atoms with Crippen molar-refractivity contribution in [2.24, 2.45) is 5.92 Å². The Balaban J connectivity index is 1.71. The number of hydrogen-bond donors (Lipinski definition) is 0. The van der Waals surface area contributed by atoms with Gasteiger partial charge in [-0.05, 0) is 43.7 Å². The first-order chi connectivity index (χ1) is 13.6. The summed E-state index contributed by atoms with van der Waals surface area (Å²) in [4.78, 5) is 29.0. The van der Waals surface area contributed by atoms with E-state index in [1.54, 1.807) is 41.1 Å². The fourth-order valence-corrected chi connectivity index (χ4v) is 4.17. The van der Waals surface area contributed by atoms with E-state index in [1.165, 1.54) is 0 Å². The van der Waals surface area contributed by atoms with Crippen molar-refractivity contribution in [2.75, 3.05) is 24.7 Å². The summed E-state index contributed by atoms with van der Waals surface area (Å²) in [5.41, 5.74) is 2.76. The van der Waals surface area contributed by atoms with Gasteiger partial charge in [0.15, 0.2) is 9.84 Å². The van der Waals surface area contributed by atoms with Gasteiger partial charge in [-0.1, -0.05) is 29.8 Å². The molecule has 0 aromatic heterocycles. The van der Waals surface area contributed by atoms with Gasteiger partial charge in [-0.3, -0.25) is 9.59 Å². The Morgan fingerprint density at radius 3 is 2.24 bits per heavy atom. The lowest BCUT2D eigenvalue weighted by atomic mass is 10.0. The Morgan fingerprint density at radius 1 is 1.10 bits per heavy atom. The molecule has 0 spiro atoms. The summed E-state index contributed by atoms with van der Waals surface area (Å²) in [5.74, 6) is -0.537. The van der Waals surface area contributed by atoms with E-state index >= 15 is 0 Å². The largest absolute Gasteiger partial charge is 0.339 e. The van der Waals surface area contributed by atoms with Crippen molar-refractivity contribution in [1.82, 2.24) is 4.90 Å². The van der Waals surface area contributed by atoms with Crippen LogP contribution in [0.4, 0.5) is 5.69 Å². The summed E-state index contributed by atoms with van der Waals surface area (Å²) >= 11 is 0. The van der Waals surface area contributed by atoms with Crippen LogP contribution in [0.15, 0.2) is 53.4 Å². The van der Waals surface area contributed by atoms with Crippen LogP contribution in [0.5, 0.6) is 0 Å². The first-order valence-corrected chi connectivity index (χ1v) is 11.4. The van der Waals surface area contributed by atoms with Crippen molar-refractivity contribution in [2.45, 2.75) is 31.2 Å². The highest BCUT2D eigenvalue weighted by Gasteiger charge is 2.37. The van der Waals surface area contributed by atoms with Crippen LogP contribution in [0.3, 0.4) is 0 Å². The fraction of sp³-hybridized carbons (Fsp3) is 0.364. The second-order valence-electron chi connectivity index (χ2n) is 7.71. The summed E-state index contributed by atoms with van der Waals surface area (Å²) in [7, 11) is -1.54. The van der Waals surface area contributed by atoms with Crippen LogP contribution in [0.1, 0.15) is 30.5 Å². The van der Waals surface area contributed by atoms with Crippen molar-refractivity contribution in [3.63, 3.8) is 0 Å². The molecular weight excluding hydrogens is 388 g/mol. The zero-order chi connectivity index (χ0) is 21.3. The lowest BCUT2D eigenvalue weighted by Gasteiger charge is -2.28. The molecule has 0 bridgehead atoms. The number of sulfone groups is 1. The molecule has 2 aromatic rings. The van der Waals surface area contributed by atoms with Crippen LogP contribution in [0, 0.1) is 12.8 Å². The number of nitrogens with zero attached hydrogens (tertiary/aromatic N) is 2. The van der Waals surface area contributed by atoms with Crippen LogP contribution >= 0.6 is 0 Å². The Hall–Kier alpha value is -2.67. The van der Waals surface area contributed by atoms with Crippen molar-refractivity contribution >= 4 is 27.3 Å². The first-order valence-electron chi connectivity index (χ1n) is 9.51. The molecule has 6 nitrogen and oxygen atoms in total. The highest BCUT2D eigenvalue weighted by atomic mass is 32.2. The van der Waals surface area contributed by atoms with E-state index in [4.69, 9.17) is 0 Å². The minimum Gasteiger partial charge on any atom is -0.339 e. The molecule has 2 atom stereocenters. The lowest BCUT2D eigenvalue weighted by Crippen LogP contribution is -2.36. The van der Waals surface area contributed by atoms with E-state index in [0.717, 1.165) is 23.1 Å². The molecule has 2 amide bonds. The second kappa shape index (κ2) is 7.99. The Labute approximate surface area is 172 Å². The molecule has 154 valence electrons. The number of anilines is 1. The van der Waals surface area contributed by atoms with Crippen molar-refractivity contribution in [3.05, 3.63) is 59.7 Å². The molecule has 29 heavy (non-hydrogen) atoms. The van der Waals surface area contributed by atoms with Gasteiger partial charge in [0, 0.05) is 32.0 Å². The molecular formula is C22H26N2O4S. The van der Waals surface area contributed by atoms with Gasteiger partial charge in [0.1, 0.15) is 0 Å². The summed E-state index contributed by atoms with van der Waals surface area (Å²) < 4.78 is 23.3. The number of amides is 2. The maximum absolute atomic E-state index is 13.0. The summed E-state index contributed by atoms with van der Waals surface area (Å²) in [6.07, 6.45) is 1.36. The third-order valence-electron chi connectivity index (χ3n) is 5.54. The number of carbonyl (C=O) groups is 2. The molecule has 1 aliphatic heterocycles. The van der Waals surface area contributed by atoms with Gasteiger partial charge in [-0.2, -0.15) is 0 Å². The van der Waals surface area contributed by atoms with Gasteiger partial charge < -0.3 is 9.80 Å². The molecule has 3 rings (SSSR count). The zero-order valence-corrected chi connectivity index (χ0v) is 17.9. The third kappa shape index (κ3) is 4.50. The van der Waals surface area contributed by atoms with E-state index in [0.29, 0.717) is 6.54 Å². The number of benzene rings is 2. The Bertz CT molecular complexity index is 1010. The summed E-state index contributed by atoms with van der Waals surface area (Å²) in [6.45, 7) is 4.24. The fourth-order valence-electron chi connectivity index (χ4n) is 3.54. The molecule has 0 saturated carbocycles. The van der Waals surface area contributed by atoms with Crippen molar-refractivity contribution in [1.29, 1.82) is 0 Å². The molecule has 1 fully saturated rings. The monoisotopic (exact) mass is 414 g/mol. The smallest absolute Gasteiger partial charge is 0.228 e. The minimum atomic E-state index is -3.26. The van der Waals surface area contributed by atoms with Crippen molar-refractivity contribution in [3.8, 4) is 0 Å². The molecule has 1 aliphatic rings. The normalized spacial score (nSPS) is 18.0. The Morgan fingerprint density at radius 2 is 1.69 bits per heavy atom. The standard InChI is InChI=1S/C22H26N2O4S/c1-15-5-9-19(10-6-15)24-14-18(13-21(24)25)22(26)23(3)16(2)17-7-11-20(12-8-17)29(4,27)28/h5-12,16,18H,13-14H2,1-4H3/t16-,18+/m0/s1. The van der Waals surface area contributed by atoms with Gasteiger partial charge in [-0.25, -0.2) is 8.42 Å². The maximum Gasteiger partial charge on any atom is 0.228 e. The maximum atomic E-state index is 13.0. The highest BCUT2D eigenvalue weighted by molar-refractivity contribution is 7.90. The molecule has 0 unspecified atom stereocenters.